The SMILES string of the molecule is COc1ccc(NC(N)=NCc2cnn(C)c2)cc1OC. The van der Waals surface area contributed by atoms with Gasteiger partial charge in [-0.15, -0.1) is 0 Å². The quantitative estimate of drug-likeness (QED) is 0.641. The number of rotatable bonds is 5. The van der Waals surface area contributed by atoms with Crippen LogP contribution in [0.4, 0.5) is 5.69 Å². The molecule has 1 aromatic heterocycles. The first-order valence-electron chi connectivity index (χ1n) is 6.39. The molecule has 1 aromatic carbocycles. The number of hydrogen-bond donors (Lipinski definition) is 2. The highest BCUT2D eigenvalue weighted by atomic mass is 16.5. The molecule has 21 heavy (non-hydrogen) atoms. The van der Waals surface area contributed by atoms with Crippen LogP contribution in [0.5, 0.6) is 11.5 Å². The van der Waals surface area contributed by atoms with E-state index in [1.807, 2.05) is 19.3 Å². The van der Waals surface area contributed by atoms with E-state index in [1.165, 1.54) is 0 Å². The average Bonchev–Trinajstić information content (AvgIpc) is 2.90. The van der Waals surface area contributed by atoms with Crippen molar-refractivity contribution in [3.05, 3.63) is 36.2 Å². The van der Waals surface area contributed by atoms with Crippen molar-refractivity contribution in [2.75, 3.05) is 19.5 Å². The van der Waals surface area contributed by atoms with Crippen LogP contribution in [0, 0.1) is 0 Å². The van der Waals surface area contributed by atoms with Gasteiger partial charge in [-0.1, -0.05) is 0 Å². The summed E-state index contributed by atoms with van der Waals surface area (Å²) in [6, 6.07) is 5.44. The molecule has 0 bridgehead atoms. The highest BCUT2D eigenvalue weighted by Gasteiger charge is 2.05. The lowest BCUT2D eigenvalue weighted by molar-refractivity contribution is 0.355. The van der Waals surface area contributed by atoms with E-state index in [2.05, 4.69) is 15.4 Å². The Morgan fingerprint density at radius 1 is 1.33 bits per heavy atom. The molecule has 0 aliphatic heterocycles. The minimum Gasteiger partial charge on any atom is -0.493 e. The van der Waals surface area contributed by atoms with Crippen molar-refractivity contribution in [2.45, 2.75) is 6.54 Å². The van der Waals surface area contributed by atoms with Crippen molar-refractivity contribution >= 4 is 11.6 Å². The number of ether oxygens (including phenoxy) is 2. The number of nitrogens with zero attached hydrogens (tertiary/aromatic N) is 3. The molecule has 0 aliphatic carbocycles. The van der Waals surface area contributed by atoms with Gasteiger partial charge in [0.1, 0.15) is 0 Å². The summed E-state index contributed by atoms with van der Waals surface area (Å²) >= 11 is 0. The third-order valence-electron chi connectivity index (χ3n) is 2.85. The number of aryl methyl sites for hydroxylation is 1. The molecule has 7 heteroatoms. The van der Waals surface area contributed by atoms with Gasteiger partial charge in [-0.25, -0.2) is 4.99 Å². The third-order valence-corrected chi connectivity index (χ3v) is 2.85. The molecule has 0 saturated heterocycles. The Morgan fingerprint density at radius 3 is 2.71 bits per heavy atom. The van der Waals surface area contributed by atoms with Crippen LogP contribution in [0.25, 0.3) is 0 Å². The van der Waals surface area contributed by atoms with Gasteiger partial charge in [0.25, 0.3) is 0 Å². The lowest BCUT2D eigenvalue weighted by atomic mass is 10.3. The molecule has 112 valence electrons. The summed E-state index contributed by atoms with van der Waals surface area (Å²) in [4.78, 5) is 4.26. The zero-order chi connectivity index (χ0) is 15.2. The number of guanidine groups is 1. The highest BCUT2D eigenvalue weighted by molar-refractivity contribution is 5.92. The van der Waals surface area contributed by atoms with Crippen molar-refractivity contribution in [3.63, 3.8) is 0 Å². The van der Waals surface area contributed by atoms with E-state index >= 15 is 0 Å². The predicted octanol–water partition coefficient (Wildman–Crippen LogP) is 1.36. The van der Waals surface area contributed by atoms with Crippen molar-refractivity contribution in [1.82, 2.24) is 9.78 Å². The van der Waals surface area contributed by atoms with Gasteiger partial charge < -0.3 is 20.5 Å². The van der Waals surface area contributed by atoms with E-state index in [1.54, 1.807) is 37.2 Å². The van der Waals surface area contributed by atoms with Crippen LogP contribution >= 0.6 is 0 Å². The van der Waals surface area contributed by atoms with Crippen molar-refractivity contribution < 1.29 is 9.47 Å². The zero-order valence-electron chi connectivity index (χ0n) is 12.3. The van der Waals surface area contributed by atoms with Crippen LogP contribution in [0.1, 0.15) is 5.56 Å². The summed E-state index contributed by atoms with van der Waals surface area (Å²) in [6.07, 6.45) is 3.65. The molecule has 0 radical (unpaired) electrons. The van der Waals surface area contributed by atoms with Gasteiger partial charge >= 0.3 is 0 Å². The maximum absolute atomic E-state index is 5.86. The van der Waals surface area contributed by atoms with Gasteiger partial charge in [-0.3, -0.25) is 4.68 Å². The maximum Gasteiger partial charge on any atom is 0.193 e. The molecule has 3 N–H and O–H groups in total. The Hall–Kier alpha value is -2.70. The van der Waals surface area contributed by atoms with Crippen molar-refractivity contribution in [2.24, 2.45) is 17.8 Å². The van der Waals surface area contributed by atoms with Crippen LogP contribution in [0.2, 0.25) is 0 Å². The number of benzene rings is 1. The topological polar surface area (TPSA) is 86.7 Å². The summed E-state index contributed by atoms with van der Waals surface area (Å²) < 4.78 is 12.1. The summed E-state index contributed by atoms with van der Waals surface area (Å²) in [6.45, 7) is 0.472. The third kappa shape index (κ3) is 3.88. The van der Waals surface area contributed by atoms with Gasteiger partial charge in [-0.2, -0.15) is 5.10 Å². The van der Waals surface area contributed by atoms with E-state index in [0.717, 1.165) is 11.3 Å². The first-order chi connectivity index (χ1) is 10.1. The fourth-order valence-electron chi connectivity index (χ4n) is 1.83. The van der Waals surface area contributed by atoms with Gasteiger partial charge in [0.2, 0.25) is 0 Å². The Morgan fingerprint density at radius 2 is 2.10 bits per heavy atom. The Kier molecular flexibility index (Phi) is 4.65. The van der Waals surface area contributed by atoms with Gasteiger partial charge in [-0.05, 0) is 12.1 Å². The molecule has 2 aromatic rings. The molecule has 1 heterocycles. The maximum atomic E-state index is 5.86. The minimum atomic E-state index is 0.325. The summed E-state index contributed by atoms with van der Waals surface area (Å²) in [7, 11) is 5.04. The Labute approximate surface area is 123 Å². The number of nitrogens with two attached hydrogens (primary N) is 1. The number of hydrogen-bond acceptors (Lipinski definition) is 4. The molecule has 2 rings (SSSR count). The van der Waals surface area contributed by atoms with Crippen molar-refractivity contribution in [3.8, 4) is 11.5 Å². The molecular formula is C14H19N5O2. The summed E-state index contributed by atoms with van der Waals surface area (Å²) in [5, 5.41) is 7.09. The highest BCUT2D eigenvalue weighted by Crippen LogP contribution is 2.29. The normalized spacial score (nSPS) is 11.3. The number of aromatic nitrogens is 2. The summed E-state index contributed by atoms with van der Waals surface area (Å²) in [5.74, 6) is 1.61. The molecular weight excluding hydrogens is 270 g/mol. The van der Waals surface area contributed by atoms with Crippen LogP contribution < -0.4 is 20.5 Å². The van der Waals surface area contributed by atoms with Gasteiger partial charge in [0.05, 0.1) is 27.0 Å². The lowest BCUT2D eigenvalue weighted by Gasteiger charge is -2.10. The van der Waals surface area contributed by atoms with E-state index in [9.17, 15) is 0 Å². The monoisotopic (exact) mass is 289 g/mol. The lowest BCUT2D eigenvalue weighted by Crippen LogP contribution is -2.22. The molecule has 0 spiro atoms. The molecule has 0 unspecified atom stereocenters. The largest absolute Gasteiger partial charge is 0.493 e. The summed E-state index contributed by atoms with van der Waals surface area (Å²) in [5.41, 5.74) is 7.63. The molecule has 7 nitrogen and oxygen atoms in total. The number of anilines is 1. The van der Waals surface area contributed by atoms with Gasteiger partial charge in [0, 0.05) is 30.6 Å². The second kappa shape index (κ2) is 6.65. The van der Waals surface area contributed by atoms with E-state index in [0.29, 0.717) is 24.0 Å². The fraction of sp³-hybridized carbons (Fsp3) is 0.286. The van der Waals surface area contributed by atoms with E-state index in [-0.39, 0.29) is 0 Å². The number of aliphatic imine (C=N–C) groups is 1. The Bertz CT molecular complexity index is 636. The molecule has 0 saturated carbocycles. The standard InChI is InChI=1S/C14H19N5O2/c1-19-9-10(8-17-19)7-16-14(15)18-11-4-5-12(20-2)13(6-11)21-3/h4-6,8-9H,7H2,1-3H3,(H3,15,16,18). The second-order valence-corrected chi connectivity index (χ2v) is 4.42. The smallest absolute Gasteiger partial charge is 0.193 e. The molecule has 0 atom stereocenters. The number of methoxy groups -OCH3 is 2. The van der Waals surface area contributed by atoms with Crippen LogP contribution in [-0.2, 0) is 13.6 Å². The van der Waals surface area contributed by atoms with Crippen molar-refractivity contribution in [1.29, 1.82) is 0 Å². The minimum absolute atomic E-state index is 0.325. The van der Waals surface area contributed by atoms with Crippen LogP contribution in [-0.4, -0.2) is 30.0 Å². The molecule has 0 amide bonds. The van der Waals surface area contributed by atoms with Gasteiger partial charge in [0.15, 0.2) is 17.5 Å². The molecule has 0 aliphatic rings. The number of nitrogens with one attached hydrogen (secondary N) is 1. The predicted molar refractivity (Wildman–Crippen MR) is 81.7 cm³/mol. The van der Waals surface area contributed by atoms with E-state index in [4.69, 9.17) is 15.2 Å². The van der Waals surface area contributed by atoms with Crippen LogP contribution in [0.3, 0.4) is 0 Å². The van der Waals surface area contributed by atoms with E-state index < -0.39 is 0 Å². The average molecular weight is 289 g/mol. The Balaban J connectivity index is 2.03. The second-order valence-electron chi connectivity index (χ2n) is 4.42. The zero-order valence-corrected chi connectivity index (χ0v) is 12.3. The first kappa shape index (κ1) is 14.7. The molecule has 0 fully saturated rings. The fourth-order valence-corrected chi connectivity index (χ4v) is 1.83. The van der Waals surface area contributed by atoms with Crippen LogP contribution in [0.15, 0.2) is 35.6 Å². The first-order valence-corrected chi connectivity index (χ1v) is 6.39.